The molecule has 0 aliphatic heterocycles. The summed E-state index contributed by atoms with van der Waals surface area (Å²) in [5.41, 5.74) is 3.78. The van der Waals surface area contributed by atoms with Gasteiger partial charge in [0.1, 0.15) is 0 Å². The number of anilines is 1. The predicted molar refractivity (Wildman–Crippen MR) is 80.6 cm³/mol. The lowest BCUT2D eigenvalue weighted by atomic mass is 10.1. The highest BCUT2D eigenvalue weighted by Gasteiger charge is 2.04. The molecule has 1 heterocycles. The lowest BCUT2D eigenvalue weighted by molar-refractivity contribution is 0.697. The summed E-state index contributed by atoms with van der Waals surface area (Å²) in [6.45, 7) is 8.29. The second-order valence-electron chi connectivity index (χ2n) is 5.07. The average Bonchev–Trinajstić information content (AvgIpc) is 2.74. The van der Waals surface area contributed by atoms with Crippen LogP contribution in [0.2, 0.25) is 0 Å². The Bertz CT molecular complexity index is 529. The summed E-state index contributed by atoms with van der Waals surface area (Å²) in [5.74, 6) is 0.993. The van der Waals surface area contributed by atoms with Crippen molar-refractivity contribution >= 4 is 5.95 Å². The third-order valence-electron chi connectivity index (χ3n) is 3.15. The minimum absolute atomic E-state index is 0.969. The first-order valence-electron chi connectivity index (χ1n) is 7.02. The van der Waals surface area contributed by atoms with Gasteiger partial charge in [-0.25, -0.2) is 4.98 Å². The van der Waals surface area contributed by atoms with Gasteiger partial charge in [0.25, 0.3) is 0 Å². The van der Waals surface area contributed by atoms with Gasteiger partial charge in [-0.05, 0) is 32.3 Å². The minimum Gasteiger partial charge on any atom is -0.356 e. The van der Waals surface area contributed by atoms with Gasteiger partial charge in [-0.3, -0.25) is 0 Å². The second kappa shape index (κ2) is 6.41. The highest BCUT2D eigenvalue weighted by atomic mass is 15.2. The molecule has 3 heteroatoms. The van der Waals surface area contributed by atoms with Gasteiger partial charge in [0.2, 0.25) is 5.95 Å². The molecule has 3 nitrogen and oxygen atoms in total. The van der Waals surface area contributed by atoms with E-state index in [2.05, 4.69) is 59.2 Å². The summed E-state index contributed by atoms with van der Waals surface area (Å²) in [5, 5.41) is 3.38. The molecule has 2 rings (SSSR count). The summed E-state index contributed by atoms with van der Waals surface area (Å²) < 4.78 is 2.22. The van der Waals surface area contributed by atoms with Gasteiger partial charge >= 0.3 is 0 Å². The molecule has 0 aliphatic rings. The molecule has 0 unspecified atom stereocenters. The zero-order valence-corrected chi connectivity index (χ0v) is 12.1. The molecule has 1 aromatic carbocycles. The lowest BCUT2D eigenvalue weighted by Crippen LogP contribution is -2.09. The molecule has 102 valence electrons. The standard InChI is InChI=1S/C16H23N3/c1-4-9-17-16-18-14(3)12-19(16)10-8-15-7-5-6-13(2)11-15/h5-7,11-12H,4,8-10H2,1-3H3,(H,17,18). The molecule has 0 atom stereocenters. The molecule has 0 spiro atoms. The van der Waals surface area contributed by atoms with Crippen molar-refractivity contribution in [3.05, 3.63) is 47.3 Å². The smallest absolute Gasteiger partial charge is 0.203 e. The van der Waals surface area contributed by atoms with Gasteiger partial charge in [-0.1, -0.05) is 36.8 Å². The number of rotatable bonds is 6. The first-order chi connectivity index (χ1) is 9.19. The van der Waals surface area contributed by atoms with Crippen LogP contribution in [0.25, 0.3) is 0 Å². The number of nitrogens with one attached hydrogen (secondary N) is 1. The maximum absolute atomic E-state index is 4.53. The molecule has 0 radical (unpaired) electrons. The summed E-state index contributed by atoms with van der Waals surface area (Å²) in [4.78, 5) is 4.53. The largest absolute Gasteiger partial charge is 0.356 e. The second-order valence-corrected chi connectivity index (χ2v) is 5.07. The van der Waals surface area contributed by atoms with Crippen LogP contribution in [-0.2, 0) is 13.0 Å². The molecule has 0 aliphatic carbocycles. The van der Waals surface area contributed by atoms with Gasteiger partial charge in [-0.2, -0.15) is 0 Å². The minimum atomic E-state index is 0.969. The van der Waals surface area contributed by atoms with E-state index in [0.717, 1.165) is 37.6 Å². The Morgan fingerprint density at radius 1 is 1.26 bits per heavy atom. The van der Waals surface area contributed by atoms with Crippen molar-refractivity contribution < 1.29 is 0 Å². The summed E-state index contributed by atoms with van der Waals surface area (Å²) in [7, 11) is 0. The summed E-state index contributed by atoms with van der Waals surface area (Å²) in [6.07, 6.45) is 4.27. The van der Waals surface area contributed by atoms with Crippen molar-refractivity contribution in [2.24, 2.45) is 0 Å². The number of aryl methyl sites for hydroxylation is 4. The van der Waals surface area contributed by atoms with Crippen molar-refractivity contribution in [3.8, 4) is 0 Å². The topological polar surface area (TPSA) is 29.9 Å². The van der Waals surface area contributed by atoms with E-state index in [1.165, 1.54) is 11.1 Å². The zero-order valence-electron chi connectivity index (χ0n) is 12.1. The van der Waals surface area contributed by atoms with E-state index in [9.17, 15) is 0 Å². The summed E-state index contributed by atoms with van der Waals surface area (Å²) >= 11 is 0. The number of benzene rings is 1. The van der Waals surface area contributed by atoms with Crippen molar-refractivity contribution in [2.75, 3.05) is 11.9 Å². The van der Waals surface area contributed by atoms with Gasteiger partial charge in [0.15, 0.2) is 0 Å². The first kappa shape index (κ1) is 13.7. The number of nitrogens with zero attached hydrogens (tertiary/aromatic N) is 2. The Balaban J connectivity index is 2.02. The monoisotopic (exact) mass is 257 g/mol. The van der Waals surface area contributed by atoms with E-state index in [1.807, 2.05) is 6.92 Å². The highest BCUT2D eigenvalue weighted by Crippen LogP contribution is 2.11. The SMILES string of the molecule is CCCNc1nc(C)cn1CCc1cccc(C)c1. The Labute approximate surface area is 115 Å². The van der Waals surface area contributed by atoms with E-state index in [-0.39, 0.29) is 0 Å². The third-order valence-corrected chi connectivity index (χ3v) is 3.15. The molecule has 1 aromatic heterocycles. The summed E-state index contributed by atoms with van der Waals surface area (Å²) in [6, 6.07) is 8.71. The van der Waals surface area contributed by atoms with Crippen molar-refractivity contribution in [3.63, 3.8) is 0 Å². The van der Waals surface area contributed by atoms with Crippen LogP contribution >= 0.6 is 0 Å². The van der Waals surface area contributed by atoms with Crippen LogP contribution in [0.1, 0.15) is 30.2 Å². The molecule has 2 aromatic rings. The lowest BCUT2D eigenvalue weighted by Gasteiger charge is -2.09. The first-order valence-corrected chi connectivity index (χ1v) is 7.02. The number of aromatic nitrogens is 2. The fourth-order valence-electron chi connectivity index (χ4n) is 2.21. The Hall–Kier alpha value is -1.77. The van der Waals surface area contributed by atoms with Crippen molar-refractivity contribution in [2.45, 2.75) is 40.2 Å². The Morgan fingerprint density at radius 2 is 2.11 bits per heavy atom. The van der Waals surface area contributed by atoms with Crippen LogP contribution in [0.3, 0.4) is 0 Å². The average molecular weight is 257 g/mol. The Kier molecular flexibility index (Phi) is 4.61. The van der Waals surface area contributed by atoms with Crippen LogP contribution in [-0.4, -0.2) is 16.1 Å². The zero-order chi connectivity index (χ0) is 13.7. The number of hydrogen-bond donors (Lipinski definition) is 1. The van der Waals surface area contributed by atoms with E-state index in [4.69, 9.17) is 0 Å². The molecule has 19 heavy (non-hydrogen) atoms. The maximum Gasteiger partial charge on any atom is 0.203 e. The van der Waals surface area contributed by atoms with Gasteiger partial charge in [0, 0.05) is 19.3 Å². The van der Waals surface area contributed by atoms with E-state index >= 15 is 0 Å². The van der Waals surface area contributed by atoms with Gasteiger partial charge < -0.3 is 9.88 Å². The molecular weight excluding hydrogens is 234 g/mol. The van der Waals surface area contributed by atoms with E-state index in [1.54, 1.807) is 0 Å². The van der Waals surface area contributed by atoms with Crippen LogP contribution in [0.5, 0.6) is 0 Å². The van der Waals surface area contributed by atoms with Crippen LogP contribution in [0.15, 0.2) is 30.5 Å². The number of hydrogen-bond acceptors (Lipinski definition) is 2. The normalized spacial score (nSPS) is 10.7. The van der Waals surface area contributed by atoms with Crippen molar-refractivity contribution in [1.29, 1.82) is 0 Å². The van der Waals surface area contributed by atoms with E-state index < -0.39 is 0 Å². The van der Waals surface area contributed by atoms with Gasteiger partial charge in [-0.15, -0.1) is 0 Å². The molecule has 0 bridgehead atoms. The molecular formula is C16H23N3. The van der Waals surface area contributed by atoms with Crippen LogP contribution in [0, 0.1) is 13.8 Å². The highest BCUT2D eigenvalue weighted by molar-refractivity contribution is 5.29. The van der Waals surface area contributed by atoms with Crippen molar-refractivity contribution in [1.82, 2.24) is 9.55 Å². The number of imidazole rings is 1. The Morgan fingerprint density at radius 3 is 2.84 bits per heavy atom. The fourth-order valence-corrected chi connectivity index (χ4v) is 2.21. The molecule has 0 amide bonds. The van der Waals surface area contributed by atoms with Gasteiger partial charge in [0.05, 0.1) is 5.69 Å². The molecule has 0 saturated heterocycles. The molecule has 1 N–H and O–H groups in total. The predicted octanol–water partition coefficient (Wildman–Crippen LogP) is 3.56. The molecule has 0 saturated carbocycles. The van der Waals surface area contributed by atoms with Crippen LogP contribution in [0.4, 0.5) is 5.95 Å². The van der Waals surface area contributed by atoms with Crippen LogP contribution < -0.4 is 5.32 Å². The fraction of sp³-hybridized carbons (Fsp3) is 0.438. The van der Waals surface area contributed by atoms with E-state index in [0.29, 0.717) is 0 Å². The quantitative estimate of drug-likeness (QED) is 0.857. The maximum atomic E-state index is 4.53. The molecule has 0 fully saturated rings. The third kappa shape index (κ3) is 3.85.